The quantitative estimate of drug-likeness (QED) is 0.500. The molecular weight excluding hydrogens is 412 g/mol. The molecule has 1 rings (SSSR count). The summed E-state index contributed by atoms with van der Waals surface area (Å²) in [7, 11) is -4.13. The molecule has 0 heterocycles. The Labute approximate surface area is 184 Å². The van der Waals surface area contributed by atoms with Crippen LogP contribution < -0.4 is 11.1 Å². The number of benzene rings is 1. The van der Waals surface area contributed by atoms with Gasteiger partial charge < -0.3 is 19.9 Å². The monoisotopic (exact) mass is 452 g/mol. The molecule has 0 aliphatic heterocycles. The highest BCUT2D eigenvalue weighted by molar-refractivity contribution is 6.71. The summed E-state index contributed by atoms with van der Waals surface area (Å²) in [5.41, 5.74) is 7.48. The number of carbonyl (C=O) groups is 2. The van der Waals surface area contributed by atoms with Crippen molar-refractivity contribution in [1.29, 1.82) is 0 Å². The van der Waals surface area contributed by atoms with Crippen LogP contribution >= 0.6 is 0 Å². The lowest BCUT2D eigenvalue weighted by atomic mass is 10.00. The Bertz CT molecular complexity index is 685. The summed E-state index contributed by atoms with van der Waals surface area (Å²) < 4.78 is 11.8. The van der Waals surface area contributed by atoms with Gasteiger partial charge in [0.05, 0.1) is 0 Å². The molecule has 0 aromatic heterocycles. The second-order valence-electron chi connectivity index (χ2n) is 10.2. The molecule has 0 aliphatic rings. The molecule has 8 heteroatoms. The Balaban J connectivity index is 3.02. The van der Waals surface area contributed by atoms with E-state index in [1.165, 1.54) is 0 Å². The van der Waals surface area contributed by atoms with Crippen LogP contribution in [0.15, 0.2) is 30.3 Å². The third kappa shape index (κ3) is 10.5. The Morgan fingerprint density at radius 3 is 2.03 bits per heavy atom. The summed E-state index contributed by atoms with van der Waals surface area (Å²) in [6, 6.07) is 8.57. The summed E-state index contributed by atoms with van der Waals surface area (Å²) in [5.74, 6) is -0.502. The zero-order chi connectivity index (χ0) is 23.1. The number of rotatable bonds is 11. The standard InChI is InChI=1S/C22H40N2O4Si2/c1-16(2)14-19(22(26)28-30(6,7)8)24-21(25)20(27-29(3,4)5)18(23)15-17-12-10-9-11-13-17/h9-13,16,18-20H,14-15,23H2,1-8H3,(H,24,25). The molecule has 0 aliphatic carbocycles. The Morgan fingerprint density at radius 2 is 1.57 bits per heavy atom. The summed E-state index contributed by atoms with van der Waals surface area (Å²) in [6.45, 7) is 15.9. The van der Waals surface area contributed by atoms with Crippen molar-refractivity contribution in [3.63, 3.8) is 0 Å². The molecule has 30 heavy (non-hydrogen) atoms. The van der Waals surface area contributed by atoms with E-state index < -0.39 is 34.8 Å². The van der Waals surface area contributed by atoms with Crippen LogP contribution in [0.25, 0.3) is 0 Å². The SMILES string of the molecule is CC(C)CC(NC(=O)C(O[Si](C)(C)C)C(N)Cc1ccccc1)C(=O)O[Si](C)(C)C. The third-order valence-corrected chi connectivity index (χ3v) is 5.93. The van der Waals surface area contributed by atoms with Gasteiger partial charge in [-0.3, -0.25) is 9.59 Å². The first-order valence-corrected chi connectivity index (χ1v) is 17.5. The minimum atomic E-state index is -2.07. The van der Waals surface area contributed by atoms with Crippen molar-refractivity contribution >= 4 is 28.5 Å². The van der Waals surface area contributed by atoms with Crippen LogP contribution in [0.5, 0.6) is 0 Å². The van der Waals surface area contributed by atoms with E-state index >= 15 is 0 Å². The van der Waals surface area contributed by atoms with Gasteiger partial charge in [0.2, 0.25) is 14.2 Å². The molecule has 3 unspecified atom stereocenters. The maximum absolute atomic E-state index is 13.2. The molecule has 0 fully saturated rings. The minimum Gasteiger partial charge on any atom is -0.518 e. The normalized spacial score (nSPS) is 15.4. The average Bonchev–Trinajstić information content (AvgIpc) is 2.57. The van der Waals surface area contributed by atoms with Gasteiger partial charge >= 0.3 is 5.97 Å². The van der Waals surface area contributed by atoms with E-state index in [9.17, 15) is 9.59 Å². The lowest BCUT2D eigenvalue weighted by Crippen LogP contribution is -2.56. The maximum atomic E-state index is 13.2. The van der Waals surface area contributed by atoms with Crippen LogP contribution in [0.1, 0.15) is 25.8 Å². The van der Waals surface area contributed by atoms with E-state index in [2.05, 4.69) is 5.32 Å². The number of amides is 1. The van der Waals surface area contributed by atoms with Gasteiger partial charge in [0.25, 0.3) is 0 Å². The van der Waals surface area contributed by atoms with Crippen LogP contribution in [-0.2, 0) is 24.9 Å². The van der Waals surface area contributed by atoms with E-state index in [0.717, 1.165) is 5.56 Å². The average molecular weight is 453 g/mol. The molecule has 0 saturated heterocycles. The topological polar surface area (TPSA) is 90.6 Å². The fraction of sp³-hybridized carbons (Fsp3) is 0.636. The first-order chi connectivity index (χ1) is 13.7. The van der Waals surface area contributed by atoms with Crippen molar-refractivity contribution in [2.24, 2.45) is 11.7 Å². The second kappa shape index (κ2) is 11.2. The minimum absolute atomic E-state index is 0.221. The van der Waals surface area contributed by atoms with Crippen molar-refractivity contribution in [3.8, 4) is 0 Å². The first kappa shape index (κ1) is 26.5. The van der Waals surface area contributed by atoms with E-state index in [1.807, 2.05) is 83.5 Å². The van der Waals surface area contributed by atoms with Crippen LogP contribution in [0.2, 0.25) is 39.3 Å². The van der Waals surface area contributed by atoms with Crippen LogP contribution in [0, 0.1) is 5.92 Å². The Hall–Kier alpha value is -1.49. The fourth-order valence-electron chi connectivity index (χ4n) is 3.02. The second-order valence-corrected chi connectivity index (χ2v) is 19.1. The molecule has 170 valence electrons. The summed E-state index contributed by atoms with van der Waals surface area (Å²) in [6.07, 6.45) is 0.187. The molecule has 0 spiro atoms. The number of nitrogens with two attached hydrogens (primary N) is 1. The summed E-state index contributed by atoms with van der Waals surface area (Å²) in [4.78, 5) is 26.0. The lowest BCUT2D eigenvalue weighted by Gasteiger charge is -2.32. The molecule has 3 N–H and O–H groups in total. The van der Waals surface area contributed by atoms with Gasteiger partial charge in [-0.2, -0.15) is 0 Å². The van der Waals surface area contributed by atoms with Gasteiger partial charge in [-0.05, 0) is 63.6 Å². The van der Waals surface area contributed by atoms with Crippen LogP contribution in [0.3, 0.4) is 0 Å². The van der Waals surface area contributed by atoms with Gasteiger partial charge in [-0.15, -0.1) is 0 Å². The molecule has 1 aromatic rings. The summed E-state index contributed by atoms with van der Waals surface area (Å²) >= 11 is 0. The third-order valence-electron chi connectivity index (χ3n) is 4.16. The number of carbonyl (C=O) groups excluding carboxylic acids is 2. The lowest BCUT2D eigenvalue weighted by molar-refractivity contribution is -0.142. The molecule has 0 bridgehead atoms. The van der Waals surface area contributed by atoms with Gasteiger partial charge in [-0.1, -0.05) is 44.2 Å². The molecular formula is C22H40N2O4Si2. The van der Waals surface area contributed by atoms with E-state index in [1.54, 1.807) is 0 Å². The number of hydrogen-bond donors (Lipinski definition) is 2. The smallest absolute Gasteiger partial charge is 0.315 e. The van der Waals surface area contributed by atoms with Crippen molar-refractivity contribution < 1.29 is 18.4 Å². The van der Waals surface area contributed by atoms with Crippen LogP contribution in [-0.4, -0.2) is 46.7 Å². The Morgan fingerprint density at radius 1 is 1.00 bits per heavy atom. The molecule has 1 amide bonds. The van der Waals surface area contributed by atoms with E-state index in [4.69, 9.17) is 14.6 Å². The maximum Gasteiger partial charge on any atom is 0.315 e. The predicted molar refractivity (Wildman–Crippen MR) is 127 cm³/mol. The molecule has 0 radical (unpaired) electrons. The largest absolute Gasteiger partial charge is 0.518 e. The Kier molecular flexibility index (Phi) is 9.93. The van der Waals surface area contributed by atoms with Crippen molar-refractivity contribution in [1.82, 2.24) is 5.32 Å². The van der Waals surface area contributed by atoms with E-state index in [0.29, 0.717) is 12.8 Å². The highest BCUT2D eigenvalue weighted by atomic mass is 28.4. The van der Waals surface area contributed by atoms with Crippen molar-refractivity contribution in [3.05, 3.63) is 35.9 Å². The highest BCUT2D eigenvalue weighted by Gasteiger charge is 2.35. The van der Waals surface area contributed by atoms with Crippen LogP contribution in [0.4, 0.5) is 0 Å². The molecule has 6 nitrogen and oxygen atoms in total. The van der Waals surface area contributed by atoms with Gasteiger partial charge in [-0.25, -0.2) is 0 Å². The fourth-order valence-corrected chi connectivity index (χ4v) is 4.81. The molecule has 3 atom stereocenters. The number of hydrogen-bond acceptors (Lipinski definition) is 5. The zero-order valence-corrected chi connectivity index (χ0v) is 21.8. The van der Waals surface area contributed by atoms with E-state index in [-0.39, 0.29) is 17.8 Å². The number of nitrogens with one attached hydrogen (secondary N) is 1. The van der Waals surface area contributed by atoms with Gasteiger partial charge in [0, 0.05) is 6.04 Å². The summed E-state index contributed by atoms with van der Waals surface area (Å²) in [5, 5.41) is 2.89. The molecule has 1 aromatic carbocycles. The first-order valence-electron chi connectivity index (χ1n) is 10.7. The predicted octanol–water partition coefficient (Wildman–Crippen LogP) is 3.69. The molecule has 0 saturated carbocycles. The van der Waals surface area contributed by atoms with Gasteiger partial charge in [0.15, 0.2) is 8.32 Å². The highest BCUT2D eigenvalue weighted by Crippen LogP contribution is 2.16. The van der Waals surface area contributed by atoms with Crippen molar-refractivity contribution in [2.45, 2.75) is 84.2 Å². The van der Waals surface area contributed by atoms with Gasteiger partial charge in [0.1, 0.15) is 12.1 Å². The zero-order valence-electron chi connectivity index (χ0n) is 19.8. The van der Waals surface area contributed by atoms with Crippen molar-refractivity contribution in [2.75, 3.05) is 0 Å².